The first kappa shape index (κ1) is 22.3. The Hall–Kier alpha value is -2.53. The molecule has 5 rings (SSSR count). The molecule has 3 aliphatic rings. The van der Waals surface area contributed by atoms with Crippen molar-refractivity contribution in [1.29, 1.82) is 0 Å². The zero-order valence-corrected chi connectivity index (χ0v) is 20.3. The number of anilines is 1. The molecule has 5 nitrogen and oxygen atoms in total. The van der Waals surface area contributed by atoms with E-state index in [1.807, 2.05) is 36.1 Å². The molecular weight excluding hydrogens is 410 g/mol. The third-order valence-electron chi connectivity index (χ3n) is 7.77. The van der Waals surface area contributed by atoms with E-state index in [4.69, 9.17) is 4.74 Å². The highest BCUT2D eigenvalue weighted by molar-refractivity contribution is 5.72. The Morgan fingerprint density at radius 3 is 2.36 bits per heavy atom. The molecule has 0 bridgehead atoms. The second kappa shape index (κ2) is 9.02. The number of amides is 1. The van der Waals surface area contributed by atoms with Gasteiger partial charge in [-0.15, -0.1) is 0 Å². The van der Waals surface area contributed by atoms with Crippen LogP contribution in [-0.4, -0.2) is 54.7 Å². The van der Waals surface area contributed by atoms with Crippen molar-refractivity contribution in [2.45, 2.75) is 64.5 Å². The fourth-order valence-corrected chi connectivity index (χ4v) is 5.91. The van der Waals surface area contributed by atoms with Gasteiger partial charge in [0, 0.05) is 56.4 Å². The summed E-state index contributed by atoms with van der Waals surface area (Å²) in [5, 5.41) is 0. The number of piperazine rings is 1. The number of ether oxygens (including phenoxy) is 1. The van der Waals surface area contributed by atoms with E-state index < -0.39 is 0 Å². The molecule has 176 valence electrons. The Morgan fingerprint density at radius 2 is 1.67 bits per heavy atom. The molecule has 0 radical (unpaired) electrons. The van der Waals surface area contributed by atoms with Gasteiger partial charge in [-0.25, -0.2) is 4.79 Å². The average Bonchev–Trinajstić information content (AvgIpc) is 3.35. The lowest BCUT2D eigenvalue weighted by molar-refractivity contribution is 0.132. The van der Waals surface area contributed by atoms with E-state index in [0.29, 0.717) is 18.8 Å². The first-order valence-corrected chi connectivity index (χ1v) is 12.5. The summed E-state index contributed by atoms with van der Waals surface area (Å²) in [7, 11) is 0. The summed E-state index contributed by atoms with van der Waals surface area (Å²) < 4.78 is 5.70. The largest absolute Gasteiger partial charge is 0.415 e. The highest BCUT2D eigenvalue weighted by Crippen LogP contribution is 2.36. The van der Waals surface area contributed by atoms with Gasteiger partial charge in [0.05, 0.1) is 0 Å². The number of carbonyl (C=O) groups excluding carboxylic acids is 1. The predicted molar refractivity (Wildman–Crippen MR) is 133 cm³/mol. The standard InChI is InChI=1S/C28H37N3O2/c1-21-8-11-25(12-9-21)33-27(32)31-19-22-18-24(10-13-26(22)28(2,3)20-31)30-16-14-29(15-17-30)23-6-4-5-7-23/h8-13,18,23H,4-7,14-17,19-20H2,1-3H3. The zero-order chi connectivity index (χ0) is 23.0. The molecule has 2 fully saturated rings. The van der Waals surface area contributed by atoms with Gasteiger partial charge in [0.2, 0.25) is 0 Å². The van der Waals surface area contributed by atoms with Crippen LogP contribution in [0.4, 0.5) is 10.5 Å². The van der Waals surface area contributed by atoms with Crippen LogP contribution in [0.15, 0.2) is 42.5 Å². The van der Waals surface area contributed by atoms with Gasteiger partial charge >= 0.3 is 6.09 Å². The number of aryl methyl sites for hydroxylation is 1. The van der Waals surface area contributed by atoms with Crippen molar-refractivity contribution in [3.05, 3.63) is 59.2 Å². The number of hydrogen-bond acceptors (Lipinski definition) is 4. The number of carbonyl (C=O) groups is 1. The van der Waals surface area contributed by atoms with Crippen molar-refractivity contribution in [3.63, 3.8) is 0 Å². The van der Waals surface area contributed by atoms with E-state index in [2.05, 4.69) is 41.8 Å². The van der Waals surface area contributed by atoms with Gasteiger partial charge in [0.1, 0.15) is 5.75 Å². The second-order valence-electron chi connectivity index (χ2n) is 10.7. The van der Waals surface area contributed by atoms with Gasteiger partial charge in [0.25, 0.3) is 0 Å². The summed E-state index contributed by atoms with van der Waals surface area (Å²) in [4.78, 5) is 20.1. The molecule has 0 unspecified atom stereocenters. The van der Waals surface area contributed by atoms with Crippen LogP contribution in [-0.2, 0) is 12.0 Å². The summed E-state index contributed by atoms with van der Waals surface area (Å²) in [6.45, 7) is 12.2. The molecule has 0 N–H and O–H groups in total. The minimum Gasteiger partial charge on any atom is -0.410 e. The van der Waals surface area contributed by atoms with Crippen LogP contribution in [0.2, 0.25) is 0 Å². The molecule has 0 spiro atoms. The van der Waals surface area contributed by atoms with Crippen LogP contribution in [0, 0.1) is 6.92 Å². The Labute approximate surface area is 198 Å². The van der Waals surface area contributed by atoms with Crippen molar-refractivity contribution >= 4 is 11.8 Å². The fraction of sp³-hybridized carbons (Fsp3) is 0.536. The third kappa shape index (κ3) is 4.74. The summed E-state index contributed by atoms with van der Waals surface area (Å²) in [6, 6.07) is 15.4. The Kier molecular flexibility index (Phi) is 6.09. The molecule has 1 saturated carbocycles. The van der Waals surface area contributed by atoms with E-state index in [1.165, 1.54) is 42.5 Å². The van der Waals surface area contributed by atoms with Gasteiger partial charge in [0.15, 0.2) is 0 Å². The number of hydrogen-bond donors (Lipinski definition) is 0. The van der Waals surface area contributed by atoms with Crippen molar-refractivity contribution in [2.75, 3.05) is 37.6 Å². The second-order valence-corrected chi connectivity index (χ2v) is 10.7. The van der Waals surface area contributed by atoms with Crippen molar-refractivity contribution < 1.29 is 9.53 Å². The normalized spacial score (nSPS) is 21.2. The smallest absolute Gasteiger partial charge is 0.410 e. The first-order chi connectivity index (χ1) is 15.9. The summed E-state index contributed by atoms with van der Waals surface area (Å²) in [5.74, 6) is 0.600. The Bertz CT molecular complexity index is 987. The number of benzene rings is 2. The van der Waals surface area contributed by atoms with Gasteiger partial charge in [-0.2, -0.15) is 0 Å². The van der Waals surface area contributed by atoms with Gasteiger partial charge in [-0.3, -0.25) is 4.90 Å². The zero-order valence-electron chi connectivity index (χ0n) is 20.3. The molecule has 1 aliphatic carbocycles. The van der Waals surface area contributed by atoms with E-state index in [1.54, 1.807) is 0 Å². The molecular formula is C28H37N3O2. The molecule has 2 aromatic rings. The molecule has 2 aliphatic heterocycles. The lowest BCUT2D eigenvalue weighted by atomic mass is 9.78. The van der Waals surface area contributed by atoms with Crippen molar-refractivity contribution in [3.8, 4) is 5.75 Å². The Balaban J connectivity index is 1.28. The topological polar surface area (TPSA) is 36.0 Å². The summed E-state index contributed by atoms with van der Waals surface area (Å²) in [6.07, 6.45) is 5.28. The van der Waals surface area contributed by atoms with Gasteiger partial charge in [-0.05, 0) is 55.2 Å². The van der Waals surface area contributed by atoms with Crippen molar-refractivity contribution in [2.24, 2.45) is 0 Å². The lowest BCUT2D eigenvalue weighted by Gasteiger charge is -2.41. The lowest BCUT2D eigenvalue weighted by Crippen LogP contribution is -2.50. The summed E-state index contributed by atoms with van der Waals surface area (Å²) >= 11 is 0. The van der Waals surface area contributed by atoms with Crippen molar-refractivity contribution in [1.82, 2.24) is 9.80 Å². The van der Waals surface area contributed by atoms with Crippen LogP contribution in [0.3, 0.4) is 0 Å². The predicted octanol–water partition coefficient (Wildman–Crippen LogP) is 5.35. The van der Waals surface area contributed by atoms with E-state index >= 15 is 0 Å². The van der Waals surface area contributed by atoms with E-state index in [0.717, 1.165) is 37.8 Å². The highest BCUT2D eigenvalue weighted by atomic mass is 16.6. The molecule has 33 heavy (non-hydrogen) atoms. The molecule has 5 heteroatoms. The van der Waals surface area contributed by atoms with Gasteiger partial charge < -0.3 is 14.5 Å². The monoisotopic (exact) mass is 447 g/mol. The van der Waals surface area contributed by atoms with Crippen LogP contribution in [0.5, 0.6) is 5.75 Å². The SMILES string of the molecule is Cc1ccc(OC(=O)N2Cc3cc(N4CCN(C5CCCC5)CC4)ccc3C(C)(C)C2)cc1. The molecule has 2 heterocycles. The van der Waals surface area contributed by atoms with Crippen LogP contribution in [0.1, 0.15) is 56.2 Å². The first-order valence-electron chi connectivity index (χ1n) is 12.5. The van der Waals surface area contributed by atoms with Crippen LogP contribution in [0.25, 0.3) is 0 Å². The average molecular weight is 448 g/mol. The maximum Gasteiger partial charge on any atom is 0.415 e. The van der Waals surface area contributed by atoms with E-state index in [-0.39, 0.29) is 11.5 Å². The van der Waals surface area contributed by atoms with Crippen LogP contribution < -0.4 is 9.64 Å². The maximum atomic E-state index is 13.0. The Morgan fingerprint density at radius 1 is 0.970 bits per heavy atom. The number of nitrogens with zero attached hydrogens (tertiary/aromatic N) is 3. The minimum atomic E-state index is -0.270. The quantitative estimate of drug-likeness (QED) is 0.635. The minimum absolute atomic E-state index is 0.112. The molecule has 2 aromatic carbocycles. The maximum absolute atomic E-state index is 13.0. The van der Waals surface area contributed by atoms with E-state index in [9.17, 15) is 4.79 Å². The molecule has 0 atom stereocenters. The van der Waals surface area contributed by atoms with Gasteiger partial charge in [-0.1, -0.05) is 50.5 Å². The molecule has 0 aromatic heterocycles. The third-order valence-corrected chi connectivity index (χ3v) is 7.77. The number of rotatable bonds is 3. The number of fused-ring (bicyclic) bond motifs is 1. The summed E-state index contributed by atoms with van der Waals surface area (Å²) in [5.41, 5.74) is 4.90. The fourth-order valence-electron chi connectivity index (χ4n) is 5.91. The molecule has 1 saturated heterocycles. The highest BCUT2D eigenvalue weighted by Gasteiger charge is 2.35. The molecule has 1 amide bonds. The van der Waals surface area contributed by atoms with Crippen LogP contribution >= 0.6 is 0 Å².